The van der Waals surface area contributed by atoms with Crippen molar-refractivity contribution in [3.8, 4) is 0 Å². The minimum absolute atomic E-state index is 0. The van der Waals surface area contributed by atoms with Gasteiger partial charge >= 0.3 is 0 Å². The summed E-state index contributed by atoms with van der Waals surface area (Å²) < 4.78 is 11.1. The molecule has 2 N–H and O–H groups in total. The molecule has 2 aromatic rings. The highest BCUT2D eigenvalue weighted by Gasteiger charge is 2.27. The topological polar surface area (TPSA) is 84.6 Å². The van der Waals surface area contributed by atoms with Crippen molar-refractivity contribution in [2.24, 2.45) is 10.9 Å². The van der Waals surface area contributed by atoms with Crippen LogP contribution >= 0.6 is 24.0 Å². The van der Waals surface area contributed by atoms with Gasteiger partial charge in [0.1, 0.15) is 6.54 Å². The van der Waals surface area contributed by atoms with E-state index >= 15 is 0 Å². The lowest BCUT2D eigenvalue weighted by Crippen LogP contribution is -2.42. The summed E-state index contributed by atoms with van der Waals surface area (Å²) in [5, 5.41) is 10.6. The van der Waals surface area contributed by atoms with Gasteiger partial charge in [-0.2, -0.15) is 4.98 Å². The van der Waals surface area contributed by atoms with Gasteiger partial charge in [0, 0.05) is 32.5 Å². The third-order valence-corrected chi connectivity index (χ3v) is 4.67. The highest BCUT2D eigenvalue weighted by Crippen LogP contribution is 2.33. The molecular weight excluding hydrogens is 469 g/mol. The Balaban J connectivity index is 0.00000280. The largest absolute Gasteiger partial charge is 0.373 e. The lowest BCUT2D eigenvalue weighted by Gasteiger charge is -2.32. The number of guanidine groups is 1. The van der Waals surface area contributed by atoms with E-state index in [2.05, 4.69) is 63.9 Å². The van der Waals surface area contributed by atoms with E-state index in [4.69, 9.17) is 9.26 Å². The third kappa shape index (κ3) is 6.44. The molecule has 3 rings (SSSR count). The number of ether oxygens (including phenoxy) is 1. The van der Waals surface area contributed by atoms with Crippen molar-refractivity contribution in [2.75, 3.05) is 19.7 Å². The van der Waals surface area contributed by atoms with Crippen LogP contribution in [0.4, 0.5) is 0 Å². The second kappa shape index (κ2) is 11.4. The quantitative estimate of drug-likeness (QED) is 0.360. The van der Waals surface area contributed by atoms with Crippen molar-refractivity contribution in [1.82, 2.24) is 20.8 Å². The average Bonchev–Trinajstić information content (AvgIpc) is 3.10. The summed E-state index contributed by atoms with van der Waals surface area (Å²) in [5.74, 6) is 2.30. The van der Waals surface area contributed by atoms with Crippen LogP contribution < -0.4 is 10.6 Å². The van der Waals surface area contributed by atoms with Gasteiger partial charge in [-0.15, -0.1) is 24.0 Å². The predicted octanol–water partition coefficient (Wildman–Crippen LogP) is 3.53. The van der Waals surface area contributed by atoms with Gasteiger partial charge in [-0.1, -0.05) is 35.0 Å². The second-order valence-corrected chi connectivity index (χ2v) is 6.91. The van der Waals surface area contributed by atoms with Gasteiger partial charge in [0.2, 0.25) is 5.89 Å². The first kappa shape index (κ1) is 22.6. The van der Waals surface area contributed by atoms with Crippen molar-refractivity contribution in [3.63, 3.8) is 0 Å². The van der Waals surface area contributed by atoms with Gasteiger partial charge in [-0.05, 0) is 32.3 Å². The number of nitrogens with one attached hydrogen (secondary N) is 2. The molecule has 1 aliphatic heterocycles. The summed E-state index contributed by atoms with van der Waals surface area (Å²) in [7, 11) is 0. The number of halogens is 1. The molecule has 28 heavy (non-hydrogen) atoms. The second-order valence-electron chi connectivity index (χ2n) is 6.91. The van der Waals surface area contributed by atoms with Crippen LogP contribution in [0.5, 0.6) is 0 Å². The summed E-state index contributed by atoms with van der Waals surface area (Å²) in [6.45, 7) is 8.73. The molecular formula is C20H30IN5O2. The number of nitrogens with zero attached hydrogens (tertiary/aromatic N) is 3. The SMILES string of the molecule is CCNC(=NCc1noc(C)n1)NCC1CCCOC1c1ccc(C)cc1.I. The number of aryl methyl sites for hydroxylation is 2. The molecule has 7 nitrogen and oxygen atoms in total. The highest BCUT2D eigenvalue weighted by atomic mass is 127. The summed E-state index contributed by atoms with van der Waals surface area (Å²) in [4.78, 5) is 8.75. The lowest BCUT2D eigenvalue weighted by molar-refractivity contribution is -0.0265. The number of aromatic nitrogens is 2. The summed E-state index contributed by atoms with van der Waals surface area (Å²) in [5.41, 5.74) is 2.51. The zero-order chi connectivity index (χ0) is 19.1. The van der Waals surface area contributed by atoms with Gasteiger partial charge < -0.3 is 19.9 Å². The smallest absolute Gasteiger partial charge is 0.223 e. The summed E-state index contributed by atoms with van der Waals surface area (Å²) in [6, 6.07) is 8.65. The molecule has 0 aliphatic carbocycles. The molecule has 8 heteroatoms. The lowest BCUT2D eigenvalue weighted by atomic mass is 9.89. The number of hydrogen-bond donors (Lipinski definition) is 2. The molecule has 1 aliphatic rings. The van der Waals surface area contributed by atoms with Crippen LogP contribution in [0.3, 0.4) is 0 Å². The molecule has 2 atom stereocenters. The van der Waals surface area contributed by atoms with Crippen LogP contribution in [0, 0.1) is 19.8 Å². The summed E-state index contributed by atoms with van der Waals surface area (Å²) >= 11 is 0. The fourth-order valence-electron chi connectivity index (χ4n) is 3.30. The Hall–Kier alpha value is -1.68. The van der Waals surface area contributed by atoms with Gasteiger partial charge in [0.25, 0.3) is 0 Å². The molecule has 0 amide bonds. The number of rotatable bonds is 6. The minimum Gasteiger partial charge on any atom is -0.373 e. The Morgan fingerprint density at radius 1 is 1.21 bits per heavy atom. The van der Waals surface area contributed by atoms with E-state index in [1.807, 2.05) is 0 Å². The van der Waals surface area contributed by atoms with Crippen LogP contribution in [-0.4, -0.2) is 35.8 Å². The van der Waals surface area contributed by atoms with Crippen molar-refractivity contribution < 1.29 is 9.26 Å². The first-order chi connectivity index (χ1) is 13.2. The highest BCUT2D eigenvalue weighted by molar-refractivity contribution is 14.0. The Kier molecular flexibility index (Phi) is 9.17. The standard InChI is InChI=1S/C20H29N5O2.HI/c1-4-21-20(23-13-18-24-15(3)27-25-18)22-12-17-6-5-11-26-19(17)16-9-7-14(2)8-10-16;/h7-10,17,19H,4-6,11-13H2,1-3H3,(H2,21,22,23);1H. The van der Waals surface area contributed by atoms with Gasteiger partial charge in [0.05, 0.1) is 6.10 Å². The molecule has 1 aromatic carbocycles. The predicted molar refractivity (Wildman–Crippen MR) is 120 cm³/mol. The van der Waals surface area contributed by atoms with Crippen molar-refractivity contribution in [1.29, 1.82) is 0 Å². The van der Waals surface area contributed by atoms with Crippen LogP contribution in [0.2, 0.25) is 0 Å². The molecule has 2 heterocycles. The van der Waals surface area contributed by atoms with Gasteiger partial charge in [0.15, 0.2) is 11.8 Å². The number of aliphatic imine (C=N–C) groups is 1. The Morgan fingerprint density at radius 2 is 2.00 bits per heavy atom. The van der Waals surface area contributed by atoms with Gasteiger partial charge in [-0.3, -0.25) is 0 Å². The zero-order valence-electron chi connectivity index (χ0n) is 16.8. The van der Waals surface area contributed by atoms with Crippen LogP contribution in [-0.2, 0) is 11.3 Å². The van der Waals surface area contributed by atoms with Crippen molar-refractivity contribution >= 4 is 29.9 Å². The van der Waals surface area contributed by atoms with E-state index in [0.717, 1.165) is 38.5 Å². The van der Waals surface area contributed by atoms with E-state index in [-0.39, 0.29) is 30.1 Å². The van der Waals surface area contributed by atoms with Gasteiger partial charge in [-0.25, -0.2) is 4.99 Å². The molecule has 2 unspecified atom stereocenters. The van der Waals surface area contributed by atoms with E-state index in [0.29, 0.717) is 24.2 Å². The van der Waals surface area contributed by atoms with Crippen LogP contribution in [0.1, 0.15) is 48.7 Å². The maximum absolute atomic E-state index is 6.11. The minimum atomic E-state index is 0. The fraction of sp³-hybridized carbons (Fsp3) is 0.550. The molecule has 1 fully saturated rings. The number of benzene rings is 1. The van der Waals surface area contributed by atoms with E-state index in [9.17, 15) is 0 Å². The molecule has 1 saturated heterocycles. The average molecular weight is 499 g/mol. The summed E-state index contributed by atoms with van der Waals surface area (Å²) in [6.07, 6.45) is 2.34. The van der Waals surface area contributed by atoms with Crippen molar-refractivity contribution in [3.05, 3.63) is 47.1 Å². The number of hydrogen-bond acceptors (Lipinski definition) is 5. The van der Waals surface area contributed by atoms with Crippen LogP contribution in [0.15, 0.2) is 33.8 Å². The Bertz CT molecular complexity index is 747. The molecule has 0 radical (unpaired) electrons. The Morgan fingerprint density at radius 3 is 2.68 bits per heavy atom. The molecule has 1 aromatic heterocycles. The Labute approximate surface area is 183 Å². The van der Waals surface area contributed by atoms with Crippen LogP contribution in [0.25, 0.3) is 0 Å². The molecule has 154 valence electrons. The van der Waals surface area contributed by atoms with Crippen molar-refractivity contribution in [2.45, 2.75) is 46.3 Å². The van der Waals surface area contributed by atoms with E-state index in [1.54, 1.807) is 6.92 Å². The maximum atomic E-state index is 6.11. The molecule has 0 bridgehead atoms. The van der Waals surface area contributed by atoms with E-state index < -0.39 is 0 Å². The first-order valence-electron chi connectivity index (χ1n) is 9.65. The first-order valence-corrected chi connectivity index (χ1v) is 9.65. The normalized spacial score (nSPS) is 19.8. The zero-order valence-corrected chi connectivity index (χ0v) is 19.1. The molecule has 0 spiro atoms. The maximum Gasteiger partial charge on any atom is 0.223 e. The third-order valence-electron chi connectivity index (χ3n) is 4.67. The van der Waals surface area contributed by atoms with E-state index in [1.165, 1.54) is 11.1 Å². The molecule has 0 saturated carbocycles. The fourth-order valence-corrected chi connectivity index (χ4v) is 3.30. The monoisotopic (exact) mass is 499 g/mol.